The predicted molar refractivity (Wildman–Crippen MR) is 72.6 cm³/mol. The van der Waals surface area contributed by atoms with Crippen molar-refractivity contribution in [3.63, 3.8) is 0 Å². The molecule has 3 rings (SSSR count). The maximum absolute atomic E-state index is 6.17. The number of likely N-dealkylation sites (N-methyl/N-ethyl adjacent to an activating group) is 1. The summed E-state index contributed by atoms with van der Waals surface area (Å²) in [5.74, 6) is 0. The van der Waals surface area contributed by atoms with Gasteiger partial charge < -0.3 is 10.5 Å². The minimum atomic E-state index is 0.181. The standard InChI is InChI=1S/C14H27N3O/c1-11-7-14(9-15,10-17(11)12-3-4-12)16(2)13-5-6-18-8-13/h11-13H,3-10,15H2,1-2H3. The van der Waals surface area contributed by atoms with E-state index in [9.17, 15) is 0 Å². The smallest absolute Gasteiger partial charge is 0.0622 e. The quantitative estimate of drug-likeness (QED) is 0.799. The number of nitrogens with two attached hydrogens (primary N) is 1. The van der Waals surface area contributed by atoms with Crippen LogP contribution in [-0.4, -0.2) is 66.8 Å². The summed E-state index contributed by atoms with van der Waals surface area (Å²) < 4.78 is 5.54. The number of rotatable bonds is 4. The lowest BCUT2D eigenvalue weighted by molar-refractivity contribution is 0.0699. The Morgan fingerprint density at radius 1 is 1.39 bits per heavy atom. The molecule has 3 aliphatic rings. The Bertz CT molecular complexity index is 301. The van der Waals surface area contributed by atoms with Crippen LogP contribution in [0.15, 0.2) is 0 Å². The van der Waals surface area contributed by atoms with E-state index in [2.05, 4.69) is 23.8 Å². The molecule has 0 aromatic rings. The predicted octanol–water partition coefficient (Wildman–Crippen LogP) is 0.661. The van der Waals surface area contributed by atoms with Crippen molar-refractivity contribution in [1.82, 2.24) is 9.80 Å². The van der Waals surface area contributed by atoms with E-state index in [4.69, 9.17) is 10.5 Å². The number of hydrogen-bond donors (Lipinski definition) is 1. The van der Waals surface area contributed by atoms with Gasteiger partial charge in [0, 0.05) is 43.4 Å². The van der Waals surface area contributed by atoms with Gasteiger partial charge in [0.15, 0.2) is 0 Å². The van der Waals surface area contributed by atoms with Crippen LogP contribution in [0.1, 0.15) is 32.6 Å². The maximum atomic E-state index is 6.17. The molecule has 3 unspecified atom stereocenters. The minimum absolute atomic E-state index is 0.181. The summed E-state index contributed by atoms with van der Waals surface area (Å²) >= 11 is 0. The molecular formula is C14H27N3O. The highest BCUT2D eigenvalue weighted by molar-refractivity contribution is 5.07. The van der Waals surface area contributed by atoms with E-state index < -0.39 is 0 Å². The van der Waals surface area contributed by atoms with Crippen molar-refractivity contribution < 1.29 is 4.74 Å². The monoisotopic (exact) mass is 253 g/mol. The summed E-state index contributed by atoms with van der Waals surface area (Å²) in [5, 5.41) is 0. The Hall–Kier alpha value is -0.160. The van der Waals surface area contributed by atoms with Crippen LogP contribution in [0, 0.1) is 0 Å². The molecule has 4 heteroatoms. The van der Waals surface area contributed by atoms with Crippen molar-refractivity contribution in [3.8, 4) is 0 Å². The van der Waals surface area contributed by atoms with Crippen LogP contribution in [0.4, 0.5) is 0 Å². The largest absolute Gasteiger partial charge is 0.380 e. The van der Waals surface area contributed by atoms with Crippen molar-refractivity contribution in [2.75, 3.05) is 33.4 Å². The van der Waals surface area contributed by atoms with Crippen LogP contribution in [0.25, 0.3) is 0 Å². The third-order valence-electron chi connectivity index (χ3n) is 5.32. The first-order chi connectivity index (χ1) is 8.66. The summed E-state index contributed by atoms with van der Waals surface area (Å²) in [6.45, 7) is 6.10. The Labute approximate surface area is 110 Å². The lowest BCUT2D eigenvalue weighted by Crippen LogP contribution is -2.57. The minimum Gasteiger partial charge on any atom is -0.380 e. The Balaban J connectivity index is 1.73. The van der Waals surface area contributed by atoms with Crippen molar-refractivity contribution in [2.24, 2.45) is 5.73 Å². The molecule has 3 atom stereocenters. The molecule has 2 saturated heterocycles. The molecule has 2 N–H and O–H groups in total. The summed E-state index contributed by atoms with van der Waals surface area (Å²) in [5.41, 5.74) is 6.35. The first kappa shape index (κ1) is 12.9. The van der Waals surface area contributed by atoms with E-state index in [-0.39, 0.29) is 5.54 Å². The van der Waals surface area contributed by atoms with Crippen LogP contribution >= 0.6 is 0 Å². The Morgan fingerprint density at radius 2 is 2.17 bits per heavy atom. The van der Waals surface area contributed by atoms with E-state index in [0.29, 0.717) is 12.1 Å². The molecule has 2 heterocycles. The van der Waals surface area contributed by atoms with Crippen LogP contribution in [-0.2, 0) is 4.74 Å². The molecule has 0 radical (unpaired) electrons. The second-order valence-electron chi connectivity index (χ2n) is 6.51. The SMILES string of the molecule is CC1CC(CN)(N(C)C2CCOC2)CN1C1CC1. The van der Waals surface area contributed by atoms with E-state index in [1.165, 1.54) is 19.3 Å². The summed E-state index contributed by atoms with van der Waals surface area (Å²) in [6.07, 6.45) is 5.16. The molecule has 2 aliphatic heterocycles. The molecule has 3 fully saturated rings. The van der Waals surface area contributed by atoms with E-state index >= 15 is 0 Å². The van der Waals surface area contributed by atoms with Gasteiger partial charge in [-0.05, 0) is 39.7 Å². The third kappa shape index (κ3) is 2.09. The Kier molecular flexibility index (Phi) is 3.39. The molecule has 4 nitrogen and oxygen atoms in total. The molecule has 104 valence electrons. The second kappa shape index (κ2) is 4.75. The average molecular weight is 253 g/mol. The number of hydrogen-bond acceptors (Lipinski definition) is 4. The zero-order valence-electron chi connectivity index (χ0n) is 11.8. The molecule has 18 heavy (non-hydrogen) atoms. The molecule has 0 aromatic carbocycles. The molecule has 0 bridgehead atoms. The average Bonchev–Trinajstić information content (AvgIpc) is 2.95. The molecule has 0 amide bonds. The highest BCUT2D eigenvalue weighted by atomic mass is 16.5. The summed E-state index contributed by atoms with van der Waals surface area (Å²) in [7, 11) is 2.26. The lowest BCUT2D eigenvalue weighted by atomic mass is 9.92. The van der Waals surface area contributed by atoms with Crippen LogP contribution in [0.5, 0.6) is 0 Å². The molecule has 1 aliphatic carbocycles. The van der Waals surface area contributed by atoms with Gasteiger partial charge in [-0.2, -0.15) is 0 Å². The summed E-state index contributed by atoms with van der Waals surface area (Å²) in [4.78, 5) is 5.23. The zero-order chi connectivity index (χ0) is 12.8. The molecule has 0 spiro atoms. The number of likely N-dealkylation sites (tertiary alicyclic amines) is 1. The highest BCUT2D eigenvalue weighted by Gasteiger charge is 2.49. The van der Waals surface area contributed by atoms with E-state index in [1.54, 1.807) is 0 Å². The van der Waals surface area contributed by atoms with Gasteiger partial charge in [-0.25, -0.2) is 0 Å². The zero-order valence-corrected chi connectivity index (χ0v) is 11.8. The van der Waals surface area contributed by atoms with E-state index in [0.717, 1.165) is 38.8 Å². The lowest BCUT2D eigenvalue weighted by Gasteiger charge is -2.41. The van der Waals surface area contributed by atoms with Crippen molar-refractivity contribution >= 4 is 0 Å². The van der Waals surface area contributed by atoms with Gasteiger partial charge in [0.2, 0.25) is 0 Å². The fourth-order valence-electron chi connectivity index (χ4n) is 3.88. The normalized spacial score (nSPS) is 42.0. The van der Waals surface area contributed by atoms with Crippen molar-refractivity contribution in [3.05, 3.63) is 0 Å². The molecular weight excluding hydrogens is 226 g/mol. The van der Waals surface area contributed by atoms with Gasteiger partial charge in [0.25, 0.3) is 0 Å². The van der Waals surface area contributed by atoms with Gasteiger partial charge in [0.05, 0.1) is 6.61 Å². The first-order valence-corrected chi connectivity index (χ1v) is 7.43. The van der Waals surface area contributed by atoms with Gasteiger partial charge >= 0.3 is 0 Å². The number of ether oxygens (including phenoxy) is 1. The van der Waals surface area contributed by atoms with Crippen LogP contribution in [0.2, 0.25) is 0 Å². The van der Waals surface area contributed by atoms with Crippen molar-refractivity contribution in [1.29, 1.82) is 0 Å². The van der Waals surface area contributed by atoms with Crippen LogP contribution < -0.4 is 5.73 Å². The van der Waals surface area contributed by atoms with Gasteiger partial charge in [-0.15, -0.1) is 0 Å². The Morgan fingerprint density at radius 3 is 2.72 bits per heavy atom. The first-order valence-electron chi connectivity index (χ1n) is 7.43. The molecule has 1 saturated carbocycles. The van der Waals surface area contributed by atoms with Gasteiger partial charge in [-0.3, -0.25) is 9.80 Å². The summed E-state index contributed by atoms with van der Waals surface area (Å²) in [6, 6.07) is 2.10. The van der Waals surface area contributed by atoms with E-state index in [1.807, 2.05) is 0 Å². The van der Waals surface area contributed by atoms with Crippen LogP contribution in [0.3, 0.4) is 0 Å². The highest BCUT2D eigenvalue weighted by Crippen LogP contribution is 2.40. The number of nitrogens with zero attached hydrogens (tertiary/aromatic N) is 2. The topological polar surface area (TPSA) is 41.7 Å². The van der Waals surface area contributed by atoms with Crippen molar-refractivity contribution in [2.45, 2.75) is 56.3 Å². The molecule has 0 aromatic heterocycles. The van der Waals surface area contributed by atoms with Gasteiger partial charge in [0.1, 0.15) is 0 Å². The fourth-order valence-corrected chi connectivity index (χ4v) is 3.88. The second-order valence-corrected chi connectivity index (χ2v) is 6.51. The fraction of sp³-hybridized carbons (Fsp3) is 1.00. The maximum Gasteiger partial charge on any atom is 0.0622 e. The third-order valence-corrected chi connectivity index (χ3v) is 5.32. The van der Waals surface area contributed by atoms with Gasteiger partial charge in [-0.1, -0.05) is 0 Å².